The van der Waals surface area contributed by atoms with Crippen molar-refractivity contribution >= 4 is 34.0 Å². The first-order chi connectivity index (χ1) is 14.1. The van der Waals surface area contributed by atoms with Gasteiger partial charge < -0.3 is 19.7 Å². The van der Waals surface area contributed by atoms with Gasteiger partial charge in [-0.2, -0.15) is 0 Å². The maximum Gasteiger partial charge on any atom is 0.229 e. The van der Waals surface area contributed by atoms with Crippen LogP contribution in [0.15, 0.2) is 60.7 Å². The lowest BCUT2D eigenvalue weighted by Gasteiger charge is -2.19. The molecule has 0 radical (unpaired) electrons. The van der Waals surface area contributed by atoms with E-state index in [1.165, 1.54) is 0 Å². The van der Waals surface area contributed by atoms with Crippen LogP contribution in [0.25, 0.3) is 10.8 Å². The van der Waals surface area contributed by atoms with E-state index in [9.17, 15) is 9.59 Å². The zero-order valence-corrected chi connectivity index (χ0v) is 16.3. The van der Waals surface area contributed by atoms with Gasteiger partial charge in [0, 0.05) is 24.4 Å². The minimum absolute atomic E-state index is 0.0564. The summed E-state index contributed by atoms with van der Waals surface area (Å²) in [4.78, 5) is 27.3. The average molecular weight is 390 g/mol. The standard InChI is InChI=1S/C23H22N2O4/c1-28-17-10-11-21(29-2)19(13-17)24-23(27)16-12-22(26)25(14-16)20-9-5-7-15-6-3-4-8-18(15)20/h3-11,13,16H,12,14H2,1-2H3,(H,24,27)/t16-/m1/s1. The normalized spacial score (nSPS) is 16.1. The lowest BCUT2D eigenvalue weighted by atomic mass is 10.1. The van der Waals surface area contributed by atoms with E-state index in [2.05, 4.69) is 5.32 Å². The predicted octanol–water partition coefficient (Wildman–Crippen LogP) is 3.85. The topological polar surface area (TPSA) is 67.9 Å². The highest BCUT2D eigenvalue weighted by atomic mass is 16.5. The number of amides is 2. The van der Waals surface area contributed by atoms with Gasteiger partial charge in [-0.15, -0.1) is 0 Å². The number of hydrogen-bond acceptors (Lipinski definition) is 4. The molecule has 1 saturated heterocycles. The number of nitrogens with one attached hydrogen (secondary N) is 1. The number of nitrogens with zero attached hydrogens (tertiary/aromatic N) is 1. The molecule has 4 rings (SSSR count). The molecule has 6 heteroatoms. The zero-order chi connectivity index (χ0) is 20.4. The van der Waals surface area contributed by atoms with Gasteiger partial charge in [-0.05, 0) is 23.6 Å². The number of fused-ring (bicyclic) bond motifs is 1. The molecule has 1 aliphatic heterocycles. The Hall–Kier alpha value is -3.54. The van der Waals surface area contributed by atoms with E-state index in [1.54, 1.807) is 37.3 Å². The quantitative estimate of drug-likeness (QED) is 0.719. The summed E-state index contributed by atoms with van der Waals surface area (Å²) in [6.45, 7) is 0.338. The minimum atomic E-state index is -0.447. The average Bonchev–Trinajstić information content (AvgIpc) is 3.14. The van der Waals surface area contributed by atoms with E-state index in [4.69, 9.17) is 9.47 Å². The van der Waals surface area contributed by atoms with Crippen molar-refractivity contribution in [1.82, 2.24) is 0 Å². The third-order valence-electron chi connectivity index (χ3n) is 5.22. The molecule has 0 unspecified atom stereocenters. The Labute approximate surface area is 169 Å². The molecule has 6 nitrogen and oxygen atoms in total. The molecule has 0 spiro atoms. The van der Waals surface area contributed by atoms with Crippen LogP contribution < -0.4 is 19.7 Å². The summed E-state index contributed by atoms with van der Waals surface area (Å²) in [6.07, 6.45) is 0.168. The second-order valence-corrected chi connectivity index (χ2v) is 6.96. The van der Waals surface area contributed by atoms with Crippen LogP contribution in [0, 0.1) is 5.92 Å². The van der Waals surface area contributed by atoms with E-state index >= 15 is 0 Å². The van der Waals surface area contributed by atoms with E-state index in [0.29, 0.717) is 23.7 Å². The summed E-state index contributed by atoms with van der Waals surface area (Å²) in [7, 11) is 3.10. The summed E-state index contributed by atoms with van der Waals surface area (Å²) < 4.78 is 10.5. The molecule has 148 valence electrons. The number of carbonyl (C=O) groups excluding carboxylic acids is 2. The molecule has 1 heterocycles. The van der Waals surface area contributed by atoms with Crippen LogP contribution in [0.5, 0.6) is 11.5 Å². The number of benzene rings is 3. The van der Waals surface area contributed by atoms with Crippen LogP contribution in [-0.4, -0.2) is 32.6 Å². The van der Waals surface area contributed by atoms with Crippen LogP contribution in [0.1, 0.15) is 6.42 Å². The van der Waals surface area contributed by atoms with Crippen molar-refractivity contribution in [3.63, 3.8) is 0 Å². The van der Waals surface area contributed by atoms with Gasteiger partial charge in [-0.25, -0.2) is 0 Å². The first kappa shape index (κ1) is 18.8. The first-order valence-electron chi connectivity index (χ1n) is 9.41. The highest BCUT2D eigenvalue weighted by molar-refractivity contribution is 6.08. The molecular formula is C23H22N2O4. The van der Waals surface area contributed by atoms with Crippen molar-refractivity contribution in [2.45, 2.75) is 6.42 Å². The van der Waals surface area contributed by atoms with Gasteiger partial charge in [-0.3, -0.25) is 9.59 Å². The van der Waals surface area contributed by atoms with Gasteiger partial charge in [0.05, 0.1) is 31.5 Å². The van der Waals surface area contributed by atoms with Crippen molar-refractivity contribution in [3.8, 4) is 11.5 Å². The number of hydrogen-bond donors (Lipinski definition) is 1. The fraction of sp³-hybridized carbons (Fsp3) is 0.217. The monoisotopic (exact) mass is 390 g/mol. The summed E-state index contributed by atoms with van der Waals surface area (Å²) in [5.74, 6) is 0.430. The molecule has 3 aromatic rings. The van der Waals surface area contributed by atoms with Gasteiger partial charge in [0.15, 0.2) is 0 Å². The second kappa shape index (κ2) is 7.83. The van der Waals surface area contributed by atoms with Crippen LogP contribution in [0.2, 0.25) is 0 Å². The first-order valence-corrected chi connectivity index (χ1v) is 9.41. The molecule has 1 N–H and O–H groups in total. The molecule has 0 aliphatic carbocycles. The Morgan fingerprint density at radius 1 is 1.03 bits per heavy atom. The maximum atomic E-state index is 12.9. The second-order valence-electron chi connectivity index (χ2n) is 6.96. The number of rotatable bonds is 5. The van der Waals surface area contributed by atoms with Crippen LogP contribution in [0.3, 0.4) is 0 Å². The van der Waals surface area contributed by atoms with E-state index in [0.717, 1.165) is 16.5 Å². The Morgan fingerprint density at radius 3 is 2.62 bits per heavy atom. The zero-order valence-electron chi connectivity index (χ0n) is 16.3. The number of ether oxygens (including phenoxy) is 2. The Kier molecular flexibility index (Phi) is 5.08. The molecule has 1 atom stereocenters. The highest BCUT2D eigenvalue weighted by Gasteiger charge is 2.36. The van der Waals surface area contributed by atoms with Crippen molar-refractivity contribution in [1.29, 1.82) is 0 Å². The largest absolute Gasteiger partial charge is 0.497 e. The Bertz CT molecular complexity index is 1070. The predicted molar refractivity (Wildman–Crippen MR) is 113 cm³/mol. The maximum absolute atomic E-state index is 12.9. The molecule has 0 saturated carbocycles. The van der Waals surface area contributed by atoms with E-state index in [-0.39, 0.29) is 18.2 Å². The van der Waals surface area contributed by atoms with Crippen molar-refractivity contribution < 1.29 is 19.1 Å². The third-order valence-corrected chi connectivity index (χ3v) is 5.22. The number of anilines is 2. The summed E-state index contributed by atoms with van der Waals surface area (Å²) in [5, 5.41) is 4.95. The molecule has 0 aromatic heterocycles. The SMILES string of the molecule is COc1ccc(OC)c(NC(=O)[C@@H]2CC(=O)N(c3cccc4ccccc34)C2)c1. The van der Waals surface area contributed by atoms with Gasteiger partial charge in [0.1, 0.15) is 11.5 Å². The molecule has 1 aliphatic rings. The minimum Gasteiger partial charge on any atom is -0.497 e. The lowest BCUT2D eigenvalue weighted by Crippen LogP contribution is -2.28. The smallest absolute Gasteiger partial charge is 0.229 e. The number of carbonyl (C=O) groups is 2. The Balaban J connectivity index is 1.56. The van der Waals surface area contributed by atoms with Crippen LogP contribution in [0.4, 0.5) is 11.4 Å². The molecule has 1 fully saturated rings. The molecule has 2 amide bonds. The fourth-order valence-electron chi connectivity index (χ4n) is 3.71. The van der Waals surface area contributed by atoms with Crippen molar-refractivity contribution in [2.24, 2.45) is 5.92 Å². The summed E-state index contributed by atoms with van der Waals surface area (Å²) in [6, 6.07) is 19.0. The van der Waals surface area contributed by atoms with Crippen molar-refractivity contribution in [3.05, 3.63) is 60.7 Å². The molecular weight excluding hydrogens is 368 g/mol. The van der Waals surface area contributed by atoms with Crippen LogP contribution >= 0.6 is 0 Å². The van der Waals surface area contributed by atoms with E-state index < -0.39 is 5.92 Å². The highest BCUT2D eigenvalue weighted by Crippen LogP contribution is 2.33. The summed E-state index contributed by atoms with van der Waals surface area (Å²) >= 11 is 0. The van der Waals surface area contributed by atoms with Gasteiger partial charge in [-0.1, -0.05) is 36.4 Å². The molecule has 3 aromatic carbocycles. The third kappa shape index (κ3) is 3.61. The lowest BCUT2D eigenvalue weighted by molar-refractivity contribution is -0.122. The molecule has 0 bridgehead atoms. The van der Waals surface area contributed by atoms with Gasteiger partial charge >= 0.3 is 0 Å². The van der Waals surface area contributed by atoms with E-state index in [1.807, 2.05) is 42.5 Å². The fourth-order valence-corrected chi connectivity index (χ4v) is 3.71. The number of methoxy groups -OCH3 is 2. The molecule has 29 heavy (non-hydrogen) atoms. The van der Waals surface area contributed by atoms with Gasteiger partial charge in [0.25, 0.3) is 0 Å². The Morgan fingerprint density at radius 2 is 1.83 bits per heavy atom. The van der Waals surface area contributed by atoms with Crippen molar-refractivity contribution in [2.75, 3.05) is 31.0 Å². The van der Waals surface area contributed by atoms with Crippen LogP contribution in [-0.2, 0) is 9.59 Å². The summed E-state index contributed by atoms with van der Waals surface area (Å²) in [5.41, 5.74) is 1.36. The van der Waals surface area contributed by atoms with Gasteiger partial charge in [0.2, 0.25) is 11.8 Å².